The Balaban J connectivity index is 1.89. The van der Waals surface area contributed by atoms with Gasteiger partial charge in [-0.25, -0.2) is 0 Å². The Morgan fingerprint density at radius 1 is 1.30 bits per heavy atom. The van der Waals surface area contributed by atoms with Gasteiger partial charge in [0.15, 0.2) is 0 Å². The molecular formula is C14H22N2O4. The minimum absolute atomic E-state index is 0.0944. The van der Waals surface area contributed by atoms with Crippen LogP contribution in [0, 0.1) is 5.41 Å². The molecule has 0 aromatic heterocycles. The first-order chi connectivity index (χ1) is 9.51. The van der Waals surface area contributed by atoms with E-state index < -0.39 is 12.0 Å². The van der Waals surface area contributed by atoms with Crippen LogP contribution in [0.15, 0.2) is 0 Å². The lowest BCUT2D eigenvalue weighted by molar-refractivity contribution is -0.140. The number of hydrogen-bond donors (Lipinski definition) is 3. The average molecular weight is 282 g/mol. The Kier molecular flexibility index (Phi) is 4.62. The van der Waals surface area contributed by atoms with Gasteiger partial charge < -0.3 is 15.7 Å². The molecule has 0 unspecified atom stereocenters. The summed E-state index contributed by atoms with van der Waals surface area (Å²) in [7, 11) is 0. The maximum absolute atomic E-state index is 12.0. The van der Waals surface area contributed by atoms with Gasteiger partial charge in [0, 0.05) is 13.0 Å². The molecule has 112 valence electrons. The van der Waals surface area contributed by atoms with E-state index in [1.54, 1.807) is 0 Å². The third kappa shape index (κ3) is 3.71. The van der Waals surface area contributed by atoms with E-state index in [-0.39, 0.29) is 23.7 Å². The molecular weight excluding hydrogens is 260 g/mol. The Bertz CT molecular complexity index is 402. The fourth-order valence-electron chi connectivity index (χ4n) is 3.25. The number of rotatable bonds is 5. The van der Waals surface area contributed by atoms with Gasteiger partial charge >= 0.3 is 5.97 Å². The normalized spacial score (nSPS) is 25.0. The lowest BCUT2D eigenvalue weighted by atomic mass is 9.71. The van der Waals surface area contributed by atoms with Crippen molar-refractivity contribution < 1.29 is 19.5 Å². The fraction of sp³-hybridized carbons (Fsp3) is 0.786. The third-order valence-corrected chi connectivity index (χ3v) is 4.39. The summed E-state index contributed by atoms with van der Waals surface area (Å²) in [5.74, 6) is -1.09. The minimum atomic E-state index is -0.810. The highest BCUT2D eigenvalue weighted by Crippen LogP contribution is 2.38. The van der Waals surface area contributed by atoms with E-state index >= 15 is 0 Å². The van der Waals surface area contributed by atoms with Gasteiger partial charge in [-0.2, -0.15) is 0 Å². The molecule has 2 aliphatic rings. The molecule has 2 rings (SSSR count). The number of carbonyl (C=O) groups is 3. The molecule has 2 amide bonds. The highest BCUT2D eigenvalue weighted by molar-refractivity contribution is 5.90. The van der Waals surface area contributed by atoms with Crippen LogP contribution in [0.3, 0.4) is 0 Å². The second-order valence-corrected chi connectivity index (χ2v) is 6.01. The summed E-state index contributed by atoms with van der Waals surface area (Å²) in [6.07, 6.45) is 5.87. The Labute approximate surface area is 118 Å². The van der Waals surface area contributed by atoms with Crippen LogP contribution < -0.4 is 10.6 Å². The summed E-state index contributed by atoms with van der Waals surface area (Å²) in [4.78, 5) is 34.1. The van der Waals surface area contributed by atoms with Crippen molar-refractivity contribution in [2.45, 2.75) is 57.4 Å². The van der Waals surface area contributed by atoms with E-state index in [9.17, 15) is 14.4 Å². The SMILES string of the molecule is O=C(O)CC1(CNC(=O)[C@H]2CCC(=O)N2)CCCCC1. The van der Waals surface area contributed by atoms with Gasteiger partial charge in [-0.1, -0.05) is 19.3 Å². The van der Waals surface area contributed by atoms with Gasteiger partial charge in [0.05, 0.1) is 6.42 Å². The zero-order valence-electron chi connectivity index (χ0n) is 11.6. The Morgan fingerprint density at radius 3 is 2.55 bits per heavy atom. The van der Waals surface area contributed by atoms with Crippen molar-refractivity contribution in [3.8, 4) is 0 Å². The predicted octanol–water partition coefficient (Wildman–Crippen LogP) is 0.806. The number of hydrogen-bond acceptors (Lipinski definition) is 3. The summed E-state index contributed by atoms with van der Waals surface area (Å²) >= 11 is 0. The number of carboxylic acids is 1. The summed E-state index contributed by atoms with van der Waals surface area (Å²) in [6, 6.07) is -0.451. The fourth-order valence-corrected chi connectivity index (χ4v) is 3.25. The van der Waals surface area contributed by atoms with Crippen LogP contribution in [-0.2, 0) is 14.4 Å². The molecule has 2 fully saturated rings. The average Bonchev–Trinajstić information content (AvgIpc) is 2.83. The largest absolute Gasteiger partial charge is 0.481 e. The summed E-state index contributed by atoms with van der Waals surface area (Å²) in [6.45, 7) is 0.393. The lowest BCUT2D eigenvalue weighted by Gasteiger charge is -2.36. The molecule has 3 N–H and O–H groups in total. The molecule has 20 heavy (non-hydrogen) atoms. The number of aliphatic carboxylic acids is 1. The monoisotopic (exact) mass is 282 g/mol. The van der Waals surface area contributed by atoms with Crippen molar-refractivity contribution in [2.75, 3.05) is 6.54 Å². The molecule has 0 bridgehead atoms. The van der Waals surface area contributed by atoms with Crippen molar-refractivity contribution in [2.24, 2.45) is 5.41 Å². The van der Waals surface area contributed by atoms with Gasteiger partial charge in [0.1, 0.15) is 6.04 Å². The van der Waals surface area contributed by atoms with Gasteiger partial charge in [0.25, 0.3) is 0 Å². The second-order valence-electron chi connectivity index (χ2n) is 6.01. The van der Waals surface area contributed by atoms with Crippen molar-refractivity contribution in [3.63, 3.8) is 0 Å². The maximum atomic E-state index is 12.0. The first kappa shape index (κ1) is 14.8. The van der Waals surface area contributed by atoms with Crippen molar-refractivity contribution in [1.29, 1.82) is 0 Å². The Morgan fingerprint density at radius 2 is 2.00 bits per heavy atom. The number of amides is 2. The molecule has 1 heterocycles. The minimum Gasteiger partial charge on any atom is -0.481 e. The molecule has 0 radical (unpaired) electrons. The Hall–Kier alpha value is -1.59. The van der Waals surface area contributed by atoms with Crippen LogP contribution in [0.2, 0.25) is 0 Å². The van der Waals surface area contributed by atoms with Crippen LogP contribution in [-0.4, -0.2) is 35.5 Å². The maximum Gasteiger partial charge on any atom is 0.303 e. The standard InChI is InChI=1S/C14H22N2O4/c17-11-5-4-10(16-11)13(20)15-9-14(8-12(18)19)6-2-1-3-7-14/h10H,1-9H2,(H,15,20)(H,16,17)(H,18,19)/t10-/m1/s1. The van der Waals surface area contributed by atoms with Crippen LogP contribution >= 0.6 is 0 Å². The lowest BCUT2D eigenvalue weighted by Crippen LogP contribution is -2.47. The number of carboxylic acid groups (broad SMARTS) is 1. The molecule has 6 heteroatoms. The van der Waals surface area contributed by atoms with Crippen molar-refractivity contribution in [3.05, 3.63) is 0 Å². The first-order valence-corrected chi connectivity index (χ1v) is 7.30. The molecule has 1 aliphatic carbocycles. The molecule has 1 saturated heterocycles. The zero-order valence-corrected chi connectivity index (χ0v) is 11.6. The second kappa shape index (κ2) is 6.24. The quantitative estimate of drug-likeness (QED) is 0.695. The van der Waals surface area contributed by atoms with E-state index in [0.717, 1.165) is 32.1 Å². The zero-order chi connectivity index (χ0) is 14.6. The van der Waals surface area contributed by atoms with Crippen LogP contribution in [0.4, 0.5) is 0 Å². The highest BCUT2D eigenvalue weighted by atomic mass is 16.4. The van der Waals surface area contributed by atoms with E-state index in [1.165, 1.54) is 0 Å². The molecule has 0 aromatic carbocycles. The van der Waals surface area contributed by atoms with Gasteiger partial charge in [0.2, 0.25) is 11.8 Å². The number of carbonyl (C=O) groups excluding carboxylic acids is 2. The van der Waals surface area contributed by atoms with Crippen LogP contribution in [0.1, 0.15) is 51.4 Å². The van der Waals surface area contributed by atoms with Gasteiger partial charge in [-0.05, 0) is 24.7 Å². The molecule has 6 nitrogen and oxygen atoms in total. The van der Waals surface area contributed by atoms with E-state index in [0.29, 0.717) is 19.4 Å². The topological polar surface area (TPSA) is 95.5 Å². The van der Waals surface area contributed by atoms with E-state index in [2.05, 4.69) is 10.6 Å². The number of nitrogens with one attached hydrogen (secondary N) is 2. The van der Waals surface area contributed by atoms with Crippen molar-refractivity contribution >= 4 is 17.8 Å². The summed E-state index contributed by atoms with van der Waals surface area (Å²) in [5.41, 5.74) is -0.317. The van der Waals surface area contributed by atoms with E-state index in [4.69, 9.17) is 5.11 Å². The highest BCUT2D eigenvalue weighted by Gasteiger charge is 2.36. The molecule has 1 aliphatic heterocycles. The summed E-state index contributed by atoms with van der Waals surface area (Å²) in [5, 5.41) is 14.5. The summed E-state index contributed by atoms with van der Waals surface area (Å²) < 4.78 is 0. The van der Waals surface area contributed by atoms with Crippen LogP contribution in [0.25, 0.3) is 0 Å². The van der Waals surface area contributed by atoms with Gasteiger partial charge in [-0.15, -0.1) is 0 Å². The van der Waals surface area contributed by atoms with Crippen LogP contribution in [0.5, 0.6) is 0 Å². The first-order valence-electron chi connectivity index (χ1n) is 7.30. The molecule has 1 saturated carbocycles. The smallest absolute Gasteiger partial charge is 0.303 e. The predicted molar refractivity (Wildman–Crippen MR) is 71.9 cm³/mol. The third-order valence-electron chi connectivity index (χ3n) is 4.39. The van der Waals surface area contributed by atoms with Crippen molar-refractivity contribution in [1.82, 2.24) is 10.6 Å². The molecule has 1 atom stereocenters. The van der Waals surface area contributed by atoms with E-state index in [1.807, 2.05) is 0 Å². The molecule has 0 aromatic rings. The molecule has 0 spiro atoms. The van der Waals surface area contributed by atoms with Gasteiger partial charge in [-0.3, -0.25) is 14.4 Å².